The molecule has 3 nitrogen and oxygen atoms in total. The van der Waals surface area contributed by atoms with Gasteiger partial charge in [-0.15, -0.1) is 12.4 Å². The normalized spacial score (nSPS) is 18.4. The molecule has 2 aromatic rings. The predicted molar refractivity (Wildman–Crippen MR) is 119 cm³/mol. The van der Waals surface area contributed by atoms with Gasteiger partial charge in [-0.1, -0.05) is 67.4 Å². The maximum absolute atomic E-state index is 12.1. The van der Waals surface area contributed by atoms with Crippen molar-refractivity contribution < 1.29 is 9.84 Å². The van der Waals surface area contributed by atoms with E-state index in [1.54, 1.807) is 0 Å². The van der Waals surface area contributed by atoms with Gasteiger partial charge >= 0.3 is 0 Å². The summed E-state index contributed by atoms with van der Waals surface area (Å²) in [6.45, 7) is 10.3. The summed E-state index contributed by atoms with van der Waals surface area (Å²) in [5.74, 6) is -0.00232. The minimum atomic E-state index is -0.972. The topological polar surface area (TPSA) is 32.7 Å². The summed E-state index contributed by atoms with van der Waals surface area (Å²) >= 11 is 6.13. The number of morpholine rings is 1. The smallest absolute Gasteiger partial charge is 0.0999 e. The van der Waals surface area contributed by atoms with Gasteiger partial charge in [0, 0.05) is 30.6 Å². The summed E-state index contributed by atoms with van der Waals surface area (Å²) in [4.78, 5) is 2.39. The second-order valence-corrected chi connectivity index (χ2v) is 8.30. The fourth-order valence-electron chi connectivity index (χ4n) is 3.99. The molecule has 0 bridgehead atoms. The Labute approximate surface area is 180 Å². The van der Waals surface area contributed by atoms with Crippen molar-refractivity contribution in [2.75, 3.05) is 32.8 Å². The Hall–Kier alpha value is -1.10. The van der Waals surface area contributed by atoms with Crippen LogP contribution in [0.3, 0.4) is 0 Å². The molecule has 154 valence electrons. The van der Waals surface area contributed by atoms with Crippen LogP contribution in [0.4, 0.5) is 0 Å². The predicted octanol–water partition coefficient (Wildman–Crippen LogP) is 5.03. The van der Waals surface area contributed by atoms with Crippen LogP contribution in [-0.2, 0) is 10.3 Å². The van der Waals surface area contributed by atoms with E-state index >= 15 is 0 Å². The van der Waals surface area contributed by atoms with Crippen molar-refractivity contribution in [2.24, 2.45) is 5.92 Å². The number of aryl methyl sites for hydroxylation is 1. The van der Waals surface area contributed by atoms with E-state index in [2.05, 4.69) is 62.1 Å². The van der Waals surface area contributed by atoms with Gasteiger partial charge in [0.2, 0.25) is 0 Å². The number of benzene rings is 2. The summed E-state index contributed by atoms with van der Waals surface area (Å²) in [6, 6.07) is 16.2. The molecule has 0 amide bonds. The minimum Gasteiger partial charge on any atom is -0.384 e. The summed E-state index contributed by atoms with van der Waals surface area (Å²) in [7, 11) is 0. The second-order valence-electron chi connectivity index (χ2n) is 7.86. The third-order valence-corrected chi connectivity index (χ3v) is 5.99. The van der Waals surface area contributed by atoms with Gasteiger partial charge in [-0.05, 0) is 36.1 Å². The van der Waals surface area contributed by atoms with E-state index in [1.807, 2.05) is 12.1 Å². The number of aliphatic hydroxyl groups is 1. The van der Waals surface area contributed by atoms with Crippen LogP contribution >= 0.6 is 24.0 Å². The first-order chi connectivity index (χ1) is 12.9. The van der Waals surface area contributed by atoms with Crippen LogP contribution in [0, 0.1) is 12.8 Å². The lowest BCUT2D eigenvalue weighted by Gasteiger charge is -2.43. The molecule has 2 aromatic carbocycles. The first kappa shape index (κ1) is 23.2. The van der Waals surface area contributed by atoms with Gasteiger partial charge in [0.15, 0.2) is 0 Å². The van der Waals surface area contributed by atoms with Gasteiger partial charge < -0.3 is 9.84 Å². The van der Waals surface area contributed by atoms with Gasteiger partial charge in [-0.25, -0.2) is 0 Å². The van der Waals surface area contributed by atoms with Gasteiger partial charge in [0.05, 0.1) is 18.8 Å². The molecule has 1 aliphatic rings. The van der Waals surface area contributed by atoms with Crippen molar-refractivity contribution in [1.82, 2.24) is 4.90 Å². The number of rotatable bonds is 6. The SMILES string of the molecule is Cc1ccc(C(O)(C(C)C)C(CN2CCOCC2)c2ccc(Cl)cc2)cc1.Cl. The van der Waals surface area contributed by atoms with Crippen LogP contribution < -0.4 is 0 Å². The number of halogens is 2. The van der Waals surface area contributed by atoms with Gasteiger partial charge in [-0.3, -0.25) is 4.90 Å². The molecule has 5 heteroatoms. The zero-order valence-electron chi connectivity index (χ0n) is 16.9. The van der Waals surface area contributed by atoms with E-state index in [0.717, 1.165) is 44.0 Å². The monoisotopic (exact) mass is 423 g/mol. The van der Waals surface area contributed by atoms with Crippen molar-refractivity contribution in [3.8, 4) is 0 Å². The highest BCUT2D eigenvalue weighted by atomic mass is 35.5. The molecule has 0 aromatic heterocycles. The number of nitrogens with zero attached hydrogens (tertiary/aromatic N) is 1. The molecule has 1 saturated heterocycles. The van der Waals surface area contributed by atoms with Crippen LogP contribution in [0.15, 0.2) is 48.5 Å². The minimum absolute atomic E-state index is 0. The molecule has 2 unspecified atom stereocenters. The van der Waals surface area contributed by atoms with Crippen LogP contribution in [0.2, 0.25) is 5.02 Å². The molecule has 0 saturated carbocycles. The van der Waals surface area contributed by atoms with Gasteiger partial charge in [0.1, 0.15) is 0 Å². The largest absolute Gasteiger partial charge is 0.384 e. The Kier molecular flexibility index (Phi) is 8.35. The second kappa shape index (κ2) is 10.1. The molecule has 2 atom stereocenters. The quantitative estimate of drug-likeness (QED) is 0.706. The molecule has 0 aliphatic carbocycles. The standard InChI is InChI=1S/C23H30ClNO2.ClH/c1-17(2)23(26,20-8-4-18(3)5-9-20)22(16-25-12-14-27-15-13-25)19-6-10-21(24)11-7-19;/h4-11,17,22,26H,12-16H2,1-3H3;1H. The fraction of sp³-hybridized carbons (Fsp3) is 0.478. The molecule has 0 radical (unpaired) electrons. The van der Waals surface area contributed by atoms with E-state index in [1.165, 1.54) is 5.56 Å². The lowest BCUT2D eigenvalue weighted by Crippen LogP contribution is -2.47. The zero-order chi connectivity index (χ0) is 19.4. The Morgan fingerprint density at radius 2 is 1.61 bits per heavy atom. The van der Waals surface area contributed by atoms with E-state index < -0.39 is 5.60 Å². The third-order valence-electron chi connectivity index (χ3n) is 5.74. The first-order valence-electron chi connectivity index (χ1n) is 9.76. The summed E-state index contributed by atoms with van der Waals surface area (Å²) < 4.78 is 5.51. The molecular weight excluding hydrogens is 393 g/mol. The van der Waals surface area contributed by atoms with E-state index in [0.29, 0.717) is 5.02 Å². The number of hydrogen-bond donors (Lipinski definition) is 1. The van der Waals surface area contributed by atoms with Crippen molar-refractivity contribution in [3.63, 3.8) is 0 Å². The maximum Gasteiger partial charge on any atom is 0.0999 e. The summed E-state index contributed by atoms with van der Waals surface area (Å²) in [5.41, 5.74) is 2.31. The number of hydrogen-bond acceptors (Lipinski definition) is 3. The average molecular weight is 424 g/mol. The first-order valence-corrected chi connectivity index (χ1v) is 10.1. The average Bonchev–Trinajstić information content (AvgIpc) is 2.67. The lowest BCUT2D eigenvalue weighted by molar-refractivity contribution is -0.0547. The Bertz CT molecular complexity index is 727. The zero-order valence-corrected chi connectivity index (χ0v) is 18.5. The Balaban J connectivity index is 0.00000280. The van der Waals surface area contributed by atoms with E-state index in [9.17, 15) is 5.11 Å². The molecule has 1 aliphatic heterocycles. The van der Waals surface area contributed by atoms with Crippen molar-refractivity contribution in [3.05, 3.63) is 70.2 Å². The summed E-state index contributed by atoms with van der Waals surface area (Å²) in [6.07, 6.45) is 0. The van der Waals surface area contributed by atoms with Gasteiger partial charge in [-0.2, -0.15) is 0 Å². The molecule has 1 N–H and O–H groups in total. The molecule has 28 heavy (non-hydrogen) atoms. The summed E-state index contributed by atoms with van der Waals surface area (Å²) in [5, 5.41) is 12.8. The Morgan fingerprint density at radius 1 is 1.04 bits per heavy atom. The Morgan fingerprint density at radius 3 is 2.14 bits per heavy atom. The van der Waals surface area contributed by atoms with E-state index in [4.69, 9.17) is 16.3 Å². The molecular formula is C23H31Cl2NO2. The van der Waals surface area contributed by atoms with E-state index in [-0.39, 0.29) is 24.2 Å². The molecule has 1 fully saturated rings. The highest BCUT2D eigenvalue weighted by Gasteiger charge is 2.43. The molecule has 3 rings (SSSR count). The molecule has 0 spiro atoms. The number of ether oxygens (including phenoxy) is 1. The lowest BCUT2D eigenvalue weighted by atomic mass is 9.70. The van der Waals surface area contributed by atoms with Crippen molar-refractivity contribution in [1.29, 1.82) is 0 Å². The fourth-order valence-corrected chi connectivity index (χ4v) is 4.12. The highest BCUT2D eigenvalue weighted by molar-refractivity contribution is 6.30. The third kappa shape index (κ3) is 5.08. The van der Waals surface area contributed by atoms with Crippen LogP contribution in [-0.4, -0.2) is 42.9 Å². The van der Waals surface area contributed by atoms with Crippen molar-refractivity contribution in [2.45, 2.75) is 32.3 Å². The van der Waals surface area contributed by atoms with Gasteiger partial charge in [0.25, 0.3) is 0 Å². The van der Waals surface area contributed by atoms with Crippen LogP contribution in [0.1, 0.15) is 36.5 Å². The van der Waals surface area contributed by atoms with Crippen LogP contribution in [0.5, 0.6) is 0 Å². The molecule has 1 heterocycles. The highest BCUT2D eigenvalue weighted by Crippen LogP contribution is 2.43. The van der Waals surface area contributed by atoms with Crippen LogP contribution in [0.25, 0.3) is 0 Å². The maximum atomic E-state index is 12.1. The van der Waals surface area contributed by atoms with Crippen molar-refractivity contribution >= 4 is 24.0 Å².